The SMILES string of the molecule is C[C@@H]1[C@@H](C)CC=C[C@](C)(O)[C@@H]2CC[C@H]2CN2C[C@@]3(CCCc4cc(Cl)ccc43)COc3ccc(cc32)C(=O)NS1(=O)=O. The van der Waals surface area contributed by atoms with Crippen molar-refractivity contribution in [3.8, 4) is 5.75 Å². The normalized spacial score (nSPS) is 34.3. The second-order valence-electron chi connectivity index (χ2n) is 13.3. The van der Waals surface area contributed by atoms with Crippen LogP contribution in [0.15, 0.2) is 48.6 Å². The minimum atomic E-state index is -3.93. The molecule has 2 aliphatic carbocycles. The van der Waals surface area contributed by atoms with Crippen molar-refractivity contribution in [3.05, 3.63) is 70.3 Å². The summed E-state index contributed by atoms with van der Waals surface area (Å²) < 4.78 is 35.2. The Kier molecular flexibility index (Phi) is 7.64. The summed E-state index contributed by atoms with van der Waals surface area (Å²) in [4.78, 5) is 15.7. The molecule has 1 amide bonds. The number of carbonyl (C=O) groups is 1. The van der Waals surface area contributed by atoms with E-state index in [1.54, 1.807) is 25.1 Å². The van der Waals surface area contributed by atoms with Gasteiger partial charge in [0.15, 0.2) is 0 Å². The summed E-state index contributed by atoms with van der Waals surface area (Å²) in [5.41, 5.74) is 2.30. The molecule has 0 aromatic heterocycles. The highest BCUT2D eigenvalue weighted by Gasteiger charge is 2.46. The summed E-state index contributed by atoms with van der Waals surface area (Å²) in [7, 11) is -3.93. The van der Waals surface area contributed by atoms with Crippen LogP contribution in [0.25, 0.3) is 0 Å². The molecule has 0 unspecified atom stereocenters. The fourth-order valence-corrected chi connectivity index (χ4v) is 9.00. The lowest BCUT2D eigenvalue weighted by atomic mass is 9.64. The lowest BCUT2D eigenvalue weighted by molar-refractivity contribution is -0.0314. The van der Waals surface area contributed by atoms with Crippen LogP contribution in [0.2, 0.25) is 5.02 Å². The van der Waals surface area contributed by atoms with Gasteiger partial charge in [-0.25, -0.2) is 13.1 Å². The van der Waals surface area contributed by atoms with Crippen molar-refractivity contribution in [1.82, 2.24) is 4.72 Å². The standard InChI is InChI=1S/C33H41ClN2O5S/c1-21-6-4-14-32(3,38)27-11-8-25(27)18-36-19-33(15-5-7-23-16-26(34)10-12-28(23)33)20-41-30-13-9-24(17-29(30)36)31(37)35-42(39,40)22(21)2/h4,9-10,12-14,16-17,21-22,25,27,38H,5-8,11,15,18-20H2,1-3H3,(H,35,37)/t21-,22+,25-,27+,32-,33-/m0/s1. The average molecular weight is 613 g/mol. The third-order valence-electron chi connectivity index (χ3n) is 10.4. The van der Waals surface area contributed by atoms with E-state index in [9.17, 15) is 18.3 Å². The molecular formula is C33H41ClN2O5S. The number of benzene rings is 2. The topological polar surface area (TPSA) is 95.9 Å². The van der Waals surface area contributed by atoms with Crippen molar-refractivity contribution in [2.24, 2.45) is 17.8 Å². The summed E-state index contributed by atoms with van der Waals surface area (Å²) >= 11 is 6.39. The molecule has 2 aromatic carbocycles. The Morgan fingerprint density at radius 1 is 1.14 bits per heavy atom. The Bertz CT molecular complexity index is 1520. The van der Waals surface area contributed by atoms with E-state index in [1.807, 2.05) is 32.1 Å². The highest BCUT2D eigenvalue weighted by Crippen LogP contribution is 2.48. The van der Waals surface area contributed by atoms with Crippen LogP contribution in [0.4, 0.5) is 5.69 Å². The van der Waals surface area contributed by atoms with Crippen LogP contribution in [0, 0.1) is 17.8 Å². The monoisotopic (exact) mass is 612 g/mol. The number of allylic oxidation sites excluding steroid dienone is 1. The van der Waals surface area contributed by atoms with Gasteiger partial charge in [-0.05, 0) is 112 Å². The molecule has 4 aliphatic rings. The first-order chi connectivity index (χ1) is 19.9. The second-order valence-corrected chi connectivity index (χ2v) is 15.7. The number of nitrogens with one attached hydrogen (secondary N) is 1. The number of nitrogens with zero attached hydrogens (tertiary/aromatic N) is 1. The van der Waals surface area contributed by atoms with Crippen LogP contribution in [0.5, 0.6) is 5.75 Å². The van der Waals surface area contributed by atoms with Gasteiger partial charge in [0, 0.05) is 29.1 Å². The third kappa shape index (κ3) is 5.35. The number of rotatable bonds is 0. The number of aliphatic hydroxyl groups is 1. The molecule has 7 nitrogen and oxygen atoms in total. The number of hydrogen-bond donors (Lipinski definition) is 2. The zero-order valence-electron chi connectivity index (χ0n) is 24.6. The van der Waals surface area contributed by atoms with Crippen molar-refractivity contribution in [1.29, 1.82) is 0 Å². The molecule has 6 rings (SSSR count). The van der Waals surface area contributed by atoms with E-state index in [4.69, 9.17) is 16.3 Å². The molecule has 1 saturated carbocycles. The molecule has 2 aliphatic heterocycles. The molecule has 0 saturated heterocycles. The van der Waals surface area contributed by atoms with Crippen LogP contribution >= 0.6 is 11.6 Å². The summed E-state index contributed by atoms with van der Waals surface area (Å²) in [6, 6.07) is 11.4. The number of carbonyl (C=O) groups excluding carboxylic acids is 1. The van der Waals surface area contributed by atoms with Gasteiger partial charge in [0.2, 0.25) is 10.0 Å². The zero-order valence-corrected chi connectivity index (χ0v) is 26.2. The van der Waals surface area contributed by atoms with Crippen molar-refractivity contribution in [3.63, 3.8) is 0 Å². The van der Waals surface area contributed by atoms with Gasteiger partial charge in [-0.15, -0.1) is 0 Å². The summed E-state index contributed by atoms with van der Waals surface area (Å²) in [6.07, 6.45) is 9.12. The number of sulfonamides is 1. The van der Waals surface area contributed by atoms with Gasteiger partial charge >= 0.3 is 0 Å². The predicted octanol–water partition coefficient (Wildman–Crippen LogP) is 5.63. The highest BCUT2D eigenvalue weighted by atomic mass is 35.5. The minimum absolute atomic E-state index is 0.0746. The van der Waals surface area contributed by atoms with Crippen LogP contribution in [-0.4, -0.2) is 50.0 Å². The molecular weight excluding hydrogens is 572 g/mol. The number of halogens is 1. The van der Waals surface area contributed by atoms with E-state index in [-0.39, 0.29) is 28.7 Å². The first-order valence-corrected chi connectivity index (χ1v) is 17.1. The average Bonchev–Trinajstić information content (AvgIpc) is 3.06. The zero-order chi connectivity index (χ0) is 29.9. The first kappa shape index (κ1) is 29.5. The number of ether oxygens (including phenoxy) is 1. The maximum absolute atomic E-state index is 13.3. The smallest absolute Gasteiger partial charge is 0.264 e. The molecule has 1 fully saturated rings. The number of amides is 1. The summed E-state index contributed by atoms with van der Waals surface area (Å²) in [5, 5.41) is 11.5. The highest BCUT2D eigenvalue weighted by molar-refractivity contribution is 7.90. The fraction of sp³-hybridized carbons (Fsp3) is 0.545. The maximum Gasteiger partial charge on any atom is 0.264 e. The van der Waals surface area contributed by atoms with Gasteiger partial charge in [-0.2, -0.15) is 0 Å². The largest absolute Gasteiger partial charge is 0.490 e. The summed E-state index contributed by atoms with van der Waals surface area (Å²) in [5.74, 6) is 0.125. The maximum atomic E-state index is 13.3. The Labute approximate surface area is 254 Å². The lowest BCUT2D eigenvalue weighted by Gasteiger charge is -2.48. The third-order valence-corrected chi connectivity index (χ3v) is 12.6. The van der Waals surface area contributed by atoms with E-state index < -0.39 is 26.8 Å². The number of fused-ring (bicyclic) bond motifs is 4. The van der Waals surface area contributed by atoms with E-state index in [0.717, 1.165) is 42.8 Å². The van der Waals surface area contributed by atoms with Crippen LogP contribution in [-0.2, 0) is 21.9 Å². The van der Waals surface area contributed by atoms with Gasteiger partial charge in [-0.1, -0.05) is 36.7 Å². The molecule has 2 bridgehead atoms. The quantitative estimate of drug-likeness (QED) is 0.374. The molecule has 2 heterocycles. The molecule has 226 valence electrons. The van der Waals surface area contributed by atoms with Crippen molar-refractivity contribution < 1.29 is 23.1 Å². The Morgan fingerprint density at radius 2 is 1.95 bits per heavy atom. The van der Waals surface area contributed by atoms with Crippen LogP contribution in [0.3, 0.4) is 0 Å². The lowest BCUT2D eigenvalue weighted by Crippen LogP contribution is -2.51. The number of anilines is 1. The minimum Gasteiger partial charge on any atom is -0.490 e. The molecule has 9 heteroatoms. The molecule has 42 heavy (non-hydrogen) atoms. The molecule has 2 aromatic rings. The number of aryl methyl sites for hydroxylation is 1. The Balaban J connectivity index is 1.44. The van der Waals surface area contributed by atoms with Crippen molar-refractivity contribution in [2.45, 2.75) is 75.6 Å². The van der Waals surface area contributed by atoms with E-state index in [1.165, 1.54) is 11.1 Å². The van der Waals surface area contributed by atoms with Gasteiger partial charge in [0.1, 0.15) is 5.75 Å². The van der Waals surface area contributed by atoms with Crippen molar-refractivity contribution >= 4 is 33.2 Å². The fourth-order valence-electron chi connectivity index (χ4n) is 7.52. The van der Waals surface area contributed by atoms with Crippen molar-refractivity contribution in [2.75, 3.05) is 24.6 Å². The van der Waals surface area contributed by atoms with Gasteiger partial charge in [0.25, 0.3) is 5.91 Å². The van der Waals surface area contributed by atoms with Gasteiger partial charge < -0.3 is 14.7 Å². The van der Waals surface area contributed by atoms with Crippen LogP contribution < -0.4 is 14.4 Å². The molecule has 2 N–H and O–H groups in total. The Morgan fingerprint density at radius 3 is 2.71 bits per heavy atom. The molecule has 0 radical (unpaired) electrons. The number of hydrogen-bond acceptors (Lipinski definition) is 6. The van der Waals surface area contributed by atoms with E-state index in [2.05, 4.69) is 21.8 Å². The second kappa shape index (κ2) is 10.9. The van der Waals surface area contributed by atoms with Gasteiger partial charge in [-0.3, -0.25) is 4.79 Å². The van der Waals surface area contributed by atoms with E-state index >= 15 is 0 Å². The summed E-state index contributed by atoms with van der Waals surface area (Å²) in [6.45, 7) is 7.23. The van der Waals surface area contributed by atoms with Gasteiger partial charge in [0.05, 0.1) is 23.1 Å². The predicted molar refractivity (Wildman–Crippen MR) is 166 cm³/mol. The Hall–Kier alpha value is -2.55. The van der Waals surface area contributed by atoms with Crippen LogP contribution in [0.1, 0.15) is 74.4 Å². The van der Waals surface area contributed by atoms with E-state index in [0.29, 0.717) is 31.9 Å². The molecule has 1 spiro atoms. The molecule has 6 atom stereocenters. The first-order valence-electron chi connectivity index (χ1n) is 15.2.